The first-order valence-corrected chi connectivity index (χ1v) is 5.38. The maximum Gasteiger partial charge on any atom is 0.0510 e. The second-order valence-corrected chi connectivity index (χ2v) is 4.76. The van der Waals surface area contributed by atoms with Crippen LogP contribution in [0.3, 0.4) is 0 Å². The van der Waals surface area contributed by atoms with Gasteiger partial charge in [0, 0.05) is 6.54 Å². The molecular weight excluding hydrogens is 184 g/mol. The molecule has 0 aromatic heterocycles. The normalized spacial score (nSPS) is 15.1. The largest absolute Gasteiger partial charge is 0.328 e. The van der Waals surface area contributed by atoms with Crippen molar-refractivity contribution >= 4 is 0 Å². The minimum atomic E-state index is -0.426. The first-order valence-electron chi connectivity index (χ1n) is 5.38. The zero-order valence-electron chi connectivity index (χ0n) is 10.4. The van der Waals surface area contributed by atoms with Gasteiger partial charge in [-0.05, 0) is 62.4 Å². The van der Waals surface area contributed by atoms with Crippen LogP contribution in [0.4, 0.5) is 0 Å². The average Bonchev–Trinajstić information content (AvgIpc) is 2.15. The molecule has 1 rings (SSSR count). The van der Waals surface area contributed by atoms with Crippen LogP contribution in [0.25, 0.3) is 0 Å². The Labute approximate surface area is 92.7 Å². The van der Waals surface area contributed by atoms with Crippen LogP contribution < -0.4 is 11.5 Å². The van der Waals surface area contributed by atoms with Gasteiger partial charge in [-0.3, -0.25) is 0 Å². The van der Waals surface area contributed by atoms with Gasteiger partial charge in [-0.2, -0.15) is 0 Å². The first kappa shape index (κ1) is 12.2. The highest BCUT2D eigenvalue weighted by Gasteiger charge is 2.24. The Morgan fingerprint density at radius 3 is 1.80 bits per heavy atom. The van der Waals surface area contributed by atoms with E-state index in [0.717, 1.165) is 0 Å². The molecule has 0 aliphatic heterocycles. The van der Waals surface area contributed by atoms with Crippen molar-refractivity contribution in [2.75, 3.05) is 6.54 Å². The first-order chi connectivity index (χ1) is 6.81. The fraction of sp³-hybridized carbons (Fsp3) is 0.538. The van der Waals surface area contributed by atoms with Gasteiger partial charge in [-0.1, -0.05) is 6.07 Å². The molecule has 84 valence electrons. The van der Waals surface area contributed by atoms with Crippen molar-refractivity contribution in [3.63, 3.8) is 0 Å². The fourth-order valence-electron chi connectivity index (χ4n) is 2.18. The Balaban J connectivity index is 3.53. The molecule has 0 saturated heterocycles. The Morgan fingerprint density at radius 2 is 1.47 bits per heavy atom. The van der Waals surface area contributed by atoms with Crippen molar-refractivity contribution < 1.29 is 0 Å². The van der Waals surface area contributed by atoms with Gasteiger partial charge in [-0.25, -0.2) is 0 Å². The van der Waals surface area contributed by atoms with Crippen molar-refractivity contribution in [2.24, 2.45) is 11.5 Å². The van der Waals surface area contributed by atoms with E-state index in [1.165, 1.54) is 27.8 Å². The van der Waals surface area contributed by atoms with E-state index in [9.17, 15) is 0 Å². The van der Waals surface area contributed by atoms with Crippen molar-refractivity contribution in [1.29, 1.82) is 0 Å². The Morgan fingerprint density at radius 1 is 1.07 bits per heavy atom. The summed E-state index contributed by atoms with van der Waals surface area (Å²) in [6, 6.07) is 2.21. The van der Waals surface area contributed by atoms with Gasteiger partial charge in [0.1, 0.15) is 0 Å². The number of aryl methyl sites for hydroxylation is 2. The standard InChI is InChI=1S/C13H22N2/c1-8-6-9(2)11(4)12(10(8)3)13(5,15)7-14/h6H,7,14-15H2,1-5H3. The minimum absolute atomic E-state index is 0.426. The number of rotatable bonds is 2. The highest BCUT2D eigenvalue weighted by atomic mass is 14.8. The van der Waals surface area contributed by atoms with Crippen LogP contribution in [0.2, 0.25) is 0 Å². The van der Waals surface area contributed by atoms with Crippen LogP contribution >= 0.6 is 0 Å². The van der Waals surface area contributed by atoms with Crippen LogP contribution in [-0.4, -0.2) is 6.54 Å². The molecule has 0 bridgehead atoms. The van der Waals surface area contributed by atoms with Gasteiger partial charge in [0.05, 0.1) is 5.54 Å². The molecule has 0 heterocycles. The minimum Gasteiger partial charge on any atom is -0.328 e. The van der Waals surface area contributed by atoms with Crippen molar-refractivity contribution in [1.82, 2.24) is 0 Å². The van der Waals surface area contributed by atoms with Crippen molar-refractivity contribution in [2.45, 2.75) is 40.2 Å². The number of nitrogens with two attached hydrogens (primary N) is 2. The van der Waals surface area contributed by atoms with Crippen molar-refractivity contribution in [3.8, 4) is 0 Å². The molecule has 1 unspecified atom stereocenters. The molecule has 0 spiro atoms. The van der Waals surface area contributed by atoms with Crippen LogP contribution in [0.5, 0.6) is 0 Å². The lowest BCUT2D eigenvalue weighted by atomic mass is 9.82. The van der Waals surface area contributed by atoms with Gasteiger partial charge < -0.3 is 11.5 Å². The van der Waals surface area contributed by atoms with Gasteiger partial charge in [0.15, 0.2) is 0 Å². The van der Waals surface area contributed by atoms with E-state index < -0.39 is 5.54 Å². The summed E-state index contributed by atoms with van der Waals surface area (Å²) in [7, 11) is 0. The molecule has 1 aromatic rings. The molecule has 4 N–H and O–H groups in total. The molecule has 0 aliphatic rings. The summed E-state index contributed by atoms with van der Waals surface area (Å²) in [6.45, 7) is 11.0. The quantitative estimate of drug-likeness (QED) is 0.778. The van der Waals surface area contributed by atoms with E-state index in [1.54, 1.807) is 0 Å². The highest BCUT2D eigenvalue weighted by Crippen LogP contribution is 2.29. The van der Waals surface area contributed by atoms with Crippen LogP contribution in [0, 0.1) is 27.7 Å². The molecule has 0 fully saturated rings. The summed E-state index contributed by atoms with van der Waals surface area (Å²) >= 11 is 0. The second-order valence-electron chi connectivity index (χ2n) is 4.76. The predicted octanol–water partition coefficient (Wildman–Crippen LogP) is 2.05. The molecule has 1 atom stereocenters. The van der Waals surface area contributed by atoms with Crippen LogP contribution in [-0.2, 0) is 5.54 Å². The van der Waals surface area contributed by atoms with E-state index in [4.69, 9.17) is 11.5 Å². The smallest absolute Gasteiger partial charge is 0.0510 e. The van der Waals surface area contributed by atoms with Crippen LogP contribution in [0.15, 0.2) is 6.07 Å². The summed E-state index contributed by atoms with van der Waals surface area (Å²) in [6.07, 6.45) is 0. The predicted molar refractivity (Wildman–Crippen MR) is 66.0 cm³/mol. The number of benzene rings is 1. The molecule has 0 aliphatic carbocycles. The van der Waals surface area contributed by atoms with Gasteiger partial charge in [-0.15, -0.1) is 0 Å². The lowest BCUT2D eigenvalue weighted by molar-refractivity contribution is 0.501. The summed E-state index contributed by atoms with van der Waals surface area (Å²) in [5.74, 6) is 0. The molecule has 1 aromatic carbocycles. The Hall–Kier alpha value is -0.860. The van der Waals surface area contributed by atoms with E-state index in [1.807, 2.05) is 6.92 Å². The Kier molecular flexibility index (Phi) is 3.22. The van der Waals surface area contributed by atoms with Gasteiger partial charge in [0.2, 0.25) is 0 Å². The third-order valence-corrected chi connectivity index (χ3v) is 3.36. The van der Waals surface area contributed by atoms with Crippen molar-refractivity contribution in [3.05, 3.63) is 33.9 Å². The number of hydrogen-bond acceptors (Lipinski definition) is 2. The number of hydrogen-bond donors (Lipinski definition) is 2. The average molecular weight is 206 g/mol. The SMILES string of the molecule is Cc1cc(C)c(C)c(C(C)(N)CN)c1C. The molecule has 0 radical (unpaired) electrons. The zero-order chi connectivity index (χ0) is 11.8. The fourth-order valence-corrected chi connectivity index (χ4v) is 2.18. The molecule has 0 amide bonds. The maximum absolute atomic E-state index is 6.25. The highest BCUT2D eigenvalue weighted by molar-refractivity contribution is 5.47. The summed E-state index contributed by atoms with van der Waals surface area (Å²) < 4.78 is 0. The lowest BCUT2D eigenvalue weighted by Gasteiger charge is -2.29. The van der Waals surface area contributed by atoms with E-state index in [-0.39, 0.29) is 0 Å². The van der Waals surface area contributed by atoms with E-state index >= 15 is 0 Å². The molecule has 15 heavy (non-hydrogen) atoms. The Bertz CT molecular complexity index is 352. The third-order valence-electron chi connectivity index (χ3n) is 3.36. The van der Waals surface area contributed by atoms with E-state index in [0.29, 0.717) is 6.54 Å². The third kappa shape index (κ3) is 2.06. The summed E-state index contributed by atoms with van der Waals surface area (Å²) in [5, 5.41) is 0. The van der Waals surface area contributed by atoms with Gasteiger partial charge in [0.25, 0.3) is 0 Å². The maximum atomic E-state index is 6.25. The second kappa shape index (κ2) is 3.95. The molecule has 0 saturated carbocycles. The topological polar surface area (TPSA) is 52.0 Å². The summed E-state index contributed by atoms with van der Waals surface area (Å²) in [5.41, 5.74) is 17.9. The lowest BCUT2D eigenvalue weighted by Crippen LogP contribution is -2.42. The van der Waals surface area contributed by atoms with Crippen LogP contribution in [0.1, 0.15) is 34.7 Å². The van der Waals surface area contributed by atoms with Gasteiger partial charge >= 0.3 is 0 Å². The molecule has 2 heteroatoms. The molecule has 2 nitrogen and oxygen atoms in total. The van der Waals surface area contributed by atoms with E-state index in [2.05, 4.69) is 33.8 Å². The summed E-state index contributed by atoms with van der Waals surface area (Å²) in [4.78, 5) is 0. The molecular formula is C13H22N2. The monoisotopic (exact) mass is 206 g/mol. The zero-order valence-corrected chi connectivity index (χ0v) is 10.4.